The normalized spacial score (nSPS) is 11.5. The maximum Gasteiger partial charge on any atom is 0.140 e. The first-order valence-corrected chi connectivity index (χ1v) is 6.17. The molecule has 0 aliphatic rings. The Kier molecular flexibility index (Phi) is 6.64. The molecule has 1 rings (SSSR count). The largest absolute Gasteiger partial charge is 0.409 e. The molecule has 0 aliphatic heterocycles. The first kappa shape index (κ1) is 14.3. The van der Waals surface area contributed by atoms with Crippen LogP contribution in [0.1, 0.15) is 12.8 Å². The van der Waals surface area contributed by atoms with E-state index in [2.05, 4.69) is 34.6 Å². The fourth-order valence-electron chi connectivity index (χ4n) is 1.64. The van der Waals surface area contributed by atoms with E-state index < -0.39 is 0 Å². The Hall–Kier alpha value is -1.75. The van der Waals surface area contributed by atoms with Crippen molar-refractivity contribution in [3.05, 3.63) is 30.3 Å². The molecule has 0 amide bonds. The number of amidine groups is 1. The van der Waals surface area contributed by atoms with Gasteiger partial charge in [0.1, 0.15) is 5.84 Å². The molecule has 5 heteroatoms. The zero-order chi connectivity index (χ0) is 13.2. The van der Waals surface area contributed by atoms with Crippen LogP contribution in [0.2, 0.25) is 0 Å². The van der Waals surface area contributed by atoms with Crippen LogP contribution in [0.25, 0.3) is 0 Å². The third-order valence-corrected chi connectivity index (χ3v) is 2.73. The van der Waals surface area contributed by atoms with Gasteiger partial charge in [-0.15, -0.1) is 0 Å². The van der Waals surface area contributed by atoms with Crippen LogP contribution in [0.15, 0.2) is 35.5 Å². The van der Waals surface area contributed by atoms with E-state index in [1.54, 1.807) is 0 Å². The second kappa shape index (κ2) is 8.36. The summed E-state index contributed by atoms with van der Waals surface area (Å²) in [6.45, 7) is 2.67. The van der Waals surface area contributed by atoms with Crippen LogP contribution in [-0.2, 0) is 0 Å². The summed E-state index contributed by atoms with van der Waals surface area (Å²) in [6, 6.07) is 10.3. The van der Waals surface area contributed by atoms with Crippen molar-refractivity contribution < 1.29 is 5.21 Å². The summed E-state index contributed by atoms with van der Waals surface area (Å²) in [7, 11) is 2.09. The molecule has 0 bridgehead atoms. The molecule has 0 saturated heterocycles. The molecule has 100 valence electrons. The lowest BCUT2D eigenvalue weighted by atomic mass is 10.3. The zero-order valence-corrected chi connectivity index (χ0v) is 10.8. The van der Waals surface area contributed by atoms with Gasteiger partial charge in [-0.1, -0.05) is 23.4 Å². The van der Waals surface area contributed by atoms with Crippen molar-refractivity contribution in [2.75, 3.05) is 31.6 Å². The fourth-order valence-corrected chi connectivity index (χ4v) is 1.64. The highest BCUT2D eigenvalue weighted by molar-refractivity contribution is 5.79. The minimum Gasteiger partial charge on any atom is -0.409 e. The number of oxime groups is 1. The van der Waals surface area contributed by atoms with Crippen molar-refractivity contribution in [2.45, 2.75) is 12.8 Å². The van der Waals surface area contributed by atoms with E-state index in [4.69, 9.17) is 10.9 Å². The Morgan fingerprint density at radius 3 is 2.72 bits per heavy atom. The van der Waals surface area contributed by atoms with Crippen LogP contribution in [-0.4, -0.2) is 37.7 Å². The maximum atomic E-state index is 8.36. The predicted octanol–water partition coefficient (Wildman–Crippen LogP) is 1.24. The number of hydrogen-bond acceptors (Lipinski definition) is 4. The molecule has 1 aromatic rings. The second-order valence-corrected chi connectivity index (χ2v) is 4.20. The van der Waals surface area contributed by atoms with Crippen LogP contribution in [0.4, 0.5) is 5.69 Å². The quantitative estimate of drug-likeness (QED) is 0.213. The number of anilines is 1. The third-order valence-electron chi connectivity index (χ3n) is 2.73. The number of nitrogens with one attached hydrogen (secondary N) is 1. The van der Waals surface area contributed by atoms with Crippen molar-refractivity contribution >= 4 is 11.5 Å². The zero-order valence-electron chi connectivity index (χ0n) is 10.8. The van der Waals surface area contributed by atoms with Crippen LogP contribution >= 0.6 is 0 Å². The molecule has 5 nitrogen and oxygen atoms in total. The van der Waals surface area contributed by atoms with Gasteiger partial charge in [0.25, 0.3) is 0 Å². The summed E-state index contributed by atoms with van der Waals surface area (Å²) in [4.78, 5) is 2.23. The lowest BCUT2D eigenvalue weighted by molar-refractivity contribution is 0.316. The minimum atomic E-state index is 0.268. The van der Waals surface area contributed by atoms with E-state index in [0.29, 0.717) is 6.42 Å². The molecular weight excluding hydrogens is 228 g/mol. The Balaban J connectivity index is 2.08. The summed E-state index contributed by atoms with van der Waals surface area (Å²) in [5.41, 5.74) is 6.59. The molecule has 0 radical (unpaired) electrons. The van der Waals surface area contributed by atoms with E-state index in [1.165, 1.54) is 5.69 Å². The van der Waals surface area contributed by atoms with Crippen LogP contribution in [0.5, 0.6) is 0 Å². The molecule has 0 saturated carbocycles. The van der Waals surface area contributed by atoms with Crippen molar-refractivity contribution in [3.63, 3.8) is 0 Å². The number of para-hydroxylation sites is 1. The molecule has 0 spiro atoms. The summed E-state index contributed by atoms with van der Waals surface area (Å²) < 4.78 is 0. The van der Waals surface area contributed by atoms with Crippen molar-refractivity contribution in [3.8, 4) is 0 Å². The van der Waals surface area contributed by atoms with Crippen molar-refractivity contribution in [1.82, 2.24) is 5.32 Å². The molecule has 0 heterocycles. The van der Waals surface area contributed by atoms with Gasteiger partial charge in [0.05, 0.1) is 0 Å². The van der Waals surface area contributed by atoms with Gasteiger partial charge in [-0.2, -0.15) is 0 Å². The van der Waals surface area contributed by atoms with E-state index >= 15 is 0 Å². The highest BCUT2D eigenvalue weighted by Gasteiger charge is 1.99. The van der Waals surface area contributed by atoms with Gasteiger partial charge >= 0.3 is 0 Å². The first-order chi connectivity index (χ1) is 8.74. The SMILES string of the molecule is CN(CCCNCC/C(N)=N/O)c1ccccc1. The van der Waals surface area contributed by atoms with Crippen molar-refractivity contribution in [1.29, 1.82) is 0 Å². The number of nitrogens with zero attached hydrogens (tertiary/aromatic N) is 2. The molecule has 0 unspecified atom stereocenters. The van der Waals surface area contributed by atoms with Gasteiger partial charge in [-0.05, 0) is 25.1 Å². The van der Waals surface area contributed by atoms with E-state index in [1.807, 2.05) is 18.2 Å². The minimum absolute atomic E-state index is 0.268. The fraction of sp³-hybridized carbons (Fsp3) is 0.462. The summed E-state index contributed by atoms with van der Waals surface area (Å²) >= 11 is 0. The van der Waals surface area contributed by atoms with Crippen LogP contribution in [0, 0.1) is 0 Å². The Bertz CT molecular complexity index is 353. The molecule has 18 heavy (non-hydrogen) atoms. The van der Waals surface area contributed by atoms with Gasteiger partial charge in [0.15, 0.2) is 0 Å². The molecule has 0 aromatic heterocycles. The van der Waals surface area contributed by atoms with Gasteiger partial charge in [-0.3, -0.25) is 0 Å². The molecule has 1 aromatic carbocycles. The van der Waals surface area contributed by atoms with E-state index in [0.717, 1.165) is 26.1 Å². The Labute approximate surface area is 108 Å². The van der Waals surface area contributed by atoms with Crippen molar-refractivity contribution in [2.24, 2.45) is 10.9 Å². The lowest BCUT2D eigenvalue weighted by Gasteiger charge is -2.19. The van der Waals surface area contributed by atoms with Gasteiger partial charge in [0, 0.05) is 32.2 Å². The molecule has 0 aliphatic carbocycles. The van der Waals surface area contributed by atoms with Gasteiger partial charge < -0.3 is 21.2 Å². The molecule has 0 atom stereocenters. The second-order valence-electron chi connectivity index (χ2n) is 4.20. The van der Waals surface area contributed by atoms with Gasteiger partial charge in [0.2, 0.25) is 0 Å². The third kappa shape index (κ3) is 5.54. The highest BCUT2D eigenvalue weighted by Crippen LogP contribution is 2.10. The number of rotatable bonds is 8. The smallest absolute Gasteiger partial charge is 0.140 e. The Morgan fingerprint density at radius 2 is 2.06 bits per heavy atom. The summed E-state index contributed by atoms with van der Waals surface area (Å²) in [5.74, 6) is 0.268. The number of hydrogen-bond donors (Lipinski definition) is 3. The molecule has 4 N–H and O–H groups in total. The standard InChI is InChI=1S/C13H22N4O/c1-17(12-6-3-2-4-7-12)11-5-9-15-10-8-13(14)16-18/h2-4,6-7,15,18H,5,8-11H2,1H3,(H2,14,16). The number of benzene rings is 1. The van der Waals surface area contributed by atoms with Crippen LogP contribution < -0.4 is 16.0 Å². The highest BCUT2D eigenvalue weighted by atomic mass is 16.4. The average Bonchev–Trinajstić information content (AvgIpc) is 2.43. The first-order valence-electron chi connectivity index (χ1n) is 6.17. The average molecular weight is 250 g/mol. The predicted molar refractivity (Wildman–Crippen MR) is 75.2 cm³/mol. The summed E-state index contributed by atoms with van der Waals surface area (Å²) in [6.07, 6.45) is 1.63. The summed E-state index contributed by atoms with van der Waals surface area (Å²) in [5, 5.41) is 14.5. The Morgan fingerprint density at radius 1 is 1.33 bits per heavy atom. The van der Waals surface area contributed by atoms with Gasteiger partial charge in [-0.25, -0.2) is 0 Å². The van der Waals surface area contributed by atoms with Crippen LogP contribution in [0.3, 0.4) is 0 Å². The molecular formula is C13H22N4O. The topological polar surface area (TPSA) is 73.9 Å². The van der Waals surface area contributed by atoms with E-state index in [9.17, 15) is 0 Å². The number of nitrogens with two attached hydrogens (primary N) is 1. The lowest BCUT2D eigenvalue weighted by Crippen LogP contribution is -2.26. The maximum absolute atomic E-state index is 8.36. The van der Waals surface area contributed by atoms with E-state index in [-0.39, 0.29) is 5.84 Å². The monoisotopic (exact) mass is 250 g/mol. The molecule has 0 fully saturated rings.